The molecule has 0 aliphatic carbocycles. The van der Waals surface area contributed by atoms with Gasteiger partial charge in [0.15, 0.2) is 0 Å². The van der Waals surface area contributed by atoms with E-state index in [1.54, 1.807) is 0 Å². The zero-order chi connectivity index (χ0) is 12.5. The molecular weight excluding hydrogens is 238 g/mol. The highest BCUT2D eigenvalue weighted by molar-refractivity contribution is 5.19. The van der Waals surface area contributed by atoms with Crippen LogP contribution in [0, 0.1) is 5.82 Å². The molecule has 3 nitrogen and oxygen atoms in total. The first-order valence-corrected chi connectivity index (χ1v) is 4.68. The Balaban J connectivity index is 2.14. The molecule has 1 aromatic carbocycles. The van der Waals surface area contributed by atoms with Gasteiger partial charge in [-0.25, -0.2) is 9.37 Å². The molecule has 0 atom stereocenters. The molecule has 2 rings (SSSR count). The average Bonchev–Trinajstić information content (AvgIpc) is 2.69. The van der Waals surface area contributed by atoms with E-state index in [0.717, 1.165) is 0 Å². The van der Waals surface area contributed by atoms with Gasteiger partial charge in [0.05, 0.1) is 0 Å². The quantitative estimate of drug-likeness (QED) is 0.826. The summed E-state index contributed by atoms with van der Waals surface area (Å²) in [6.07, 6.45) is -4.42. The van der Waals surface area contributed by atoms with Crippen LogP contribution in [0.3, 0.4) is 0 Å². The Morgan fingerprint density at radius 2 is 1.76 bits per heavy atom. The van der Waals surface area contributed by atoms with Crippen molar-refractivity contribution in [2.24, 2.45) is 0 Å². The van der Waals surface area contributed by atoms with Gasteiger partial charge in [0.2, 0.25) is 0 Å². The normalized spacial score (nSPS) is 11.8. The third-order valence-corrected chi connectivity index (χ3v) is 2.07. The Kier molecular flexibility index (Phi) is 2.83. The Hall–Kier alpha value is -1.92. The van der Waals surface area contributed by atoms with Crippen LogP contribution in [0.4, 0.5) is 17.6 Å². The fourth-order valence-corrected chi connectivity index (χ4v) is 1.30. The van der Waals surface area contributed by atoms with Crippen molar-refractivity contribution in [2.45, 2.75) is 12.6 Å². The molecule has 0 spiro atoms. The first kappa shape index (κ1) is 11.6. The minimum absolute atomic E-state index is 0.0870. The van der Waals surface area contributed by atoms with Crippen molar-refractivity contribution in [1.29, 1.82) is 0 Å². The van der Waals surface area contributed by atoms with Crippen molar-refractivity contribution in [3.63, 3.8) is 0 Å². The van der Waals surface area contributed by atoms with Gasteiger partial charge in [0.1, 0.15) is 11.6 Å². The lowest BCUT2D eigenvalue weighted by Gasteiger charge is -1.98. The van der Waals surface area contributed by atoms with Crippen LogP contribution in [0.2, 0.25) is 0 Å². The minimum Gasteiger partial charge on any atom is -0.262 e. The molecule has 1 heterocycles. The van der Waals surface area contributed by atoms with Crippen LogP contribution in [0.25, 0.3) is 0 Å². The maximum absolute atomic E-state index is 12.6. The highest BCUT2D eigenvalue weighted by Crippen LogP contribution is 2.25. The van der Waals surface area contributed by atoms with Crippen molar-refractivity contribution < 1.29 is 17.6 Å². The lowest BCUT2D eigenvalue weighted by molar-refractivity contribution is -0.144. The van der Waals surface area contributed by atoms with Gasteiger partial charge in [-0.1, -0.05) is 12.1 Å². The highest BCUT2D eigenvalue weighted by atomic mass is 19.4. The number of hydrogen-bond donors (Lipinski definition) is 1. The summed E-state index contributed by atoms with van der Waals surface area (Å²) < 4.78 is 49.2. The number of nitrogens with one attached hydrogen (secondary N) is 1. The Bertz CT molecular complexity index is 501. The van der Waals surface area contributed by atoms with Crippen LogP contribution >= 0.6 is 0 Å². The van der Waals surface area contributed by atoms with Gasteiger partial charge < -0.3 is 0 Å². The number of hydrogen-bond acceptors (Lipinski definition) is 2. The number of rotatable bonds is 2. The SMILES string of the molecule is Fc1ccc(Cc2nc(C(F)(F)F)n[nH]2)cc1. The second-order valence-electron chi connectivity index (χ2n) is 3.41. The summed E-state index contributed by atoms with van der Waals surface area (Å²) in [6, 6.07) is 5.42. The molecule has 0 saturated carbocycles. The van der Waals surface area contributed by atoms with Crippen LogP contribution in [0.5, 0.6) is 0 Å². The summed E-state index contributed by atoms with van der Waals surface area (Å²) in [6.45, 7) is 0. The largest absolute Gasteiger partial charge is 0.453 e. The molecule has 90 valence electrons. The second kappa shape index (κ2) is 4.15. The smallest absolute Gasteiger partial charge is 0.262 e. The third kappa shape index (κ3) is 2.80. The predicted molar refractivity (Wildman–Crippen MR) is 50.6 cm³/mol. The van der Waals surface area contributed by atoms with E-state index in [9.17, 15) is 17.6 Å². The van der Waals surface area contributed by atoms with Crippen molar-refractivity contribution >= 4 is 0 Å². The van der Waals surface area contributed by atoms with Crippen LogP contribution in [-0.2, 0) is 12.6 Å². The summed E-state index contributed by atoms with van der Waals surface area (Å²) in [7, 11) is 0. The number of alkyl halides is 3. The maximum atomic E-state index is 12.6. The van der Waals surface area contributed by atoms with E-state index in [1.165, 1.54) is 24.3 Å². The molecule has 17 heavy (non-hydrogen) atoms. The van der Waals surface area contributed by atoms with Crippen molar-refractivity contribution in [2.75, 3.05) is 0 Å². The Morgan fingerprint density at radius 1 is 1.12 bits per heavy atom. The molecule has 1 N–H and O–H groups in total. The zero-order valence-electron chi connectivity index (χ0n) is 8.42. The molecule has 0 bridgehead atoms. The zero-order valence-corrected chi connectivity index (χ0v) is 8.42. The van der Waals surface area contributed by atoms with Gasteiger partial charge in [0.25, 0.3) is 5.82 Å². The van der Waals surface area contributed by atoms with Crippen LogP contribution in [-0.4, -0.2) is 15.2 Å². The maximum Gasteiger partial charge on any atom is 0.453 e. The molecule has 0 aliphatic heterocycles. The molecule has 0 saturated heterocycles. The summed E-state index contributed by atoms with van der Waals surface area (Å²) in [4.78, 5) is 3.31. The van der Waals surface area contributed by atoms with Crippen molar-refractivity contribution in [3.8, 4) is 0 Å². The van der Waals surface area contributed by atoms with E-state index in [0.29, 0.717) is 5.56 Å². The van der Waals surface area contributed by atoms with Crippen LogP contribution < -0.4 is 0 Å². The van der Waals surface area contributed by atoms with E-state index >= 15 is 0 Å². The second-order valence-corrected chi connectivity index (χ2v) is 3.41. The van der Waals surface area contributed by atoms with E-state index in [-0.39, 0.29) is 12.2 Å². The fourth-order valence-electron chi connectivity index (χ4n) is 1.30. The minimum atomic E-state index is -4.56. The van der Waals surface area contributed by atoms with Gasteiger partial charge in [-0.3, -0.25) is 5.10 Å². The van der Waals surface area contributed by atoms with Crippen LogP contribution in [0.1, 0.15) is 17.2 Å². The van der Waals surface area contributed by atoms with E-state index < -0.39 is 17.8 Å². The van der Waals surface area contributed by atoms with E-state index in [2.05, 4.69) is 15.2 Å². The first-order chi connectivity index (χ1) is 7.95. The molecule has 0 aliphatic rings. The molecular formula is C10H7F4N3. The lowest BCUT2D eigenvalue weighted by atomic mass is 10.1. The van der Waals surface area contributed by atoms with Gasteiger partial charge in [-0.15, -0.1) is 5.10 Å². The molecule has 2 aromatic rings. The number of halogens is 4. The van der Waals surface area contributed by atoms with Gasteiger partial charge >= 0.3 is 6.18 Å². The fraction of sp³-hybridized carbons (Fsp3) is 0.200. The number of aromatic amines is 1. The predicted octanol–water partition coefficient (Wildman–Crippen LogP) is 2.55. The third-order valence-electron chi connectivity index (χ3n) is 2.07. The number of nitrogens with zero attached hydrogens (tertiary/aromatic N) is 2. The molecule has 1 aromatic heterocycles. The van der Waals surface area contributed by atoms with Gasteiger partial charge in [-0.2, -0.15) is 13.2 Å². The van der Waals surface area contributed by atoms with Crippen LogP contribution in [0.15, 0.2) is 24.3 Å². The van der Waals surface area contributed by atoms with E-state index in [4.69, 9.17) is 0 Å². The number of H-pyrrole nitrogens is 1. The summed E-state index contributed by atoms with van der Waals surface area (Å²) >= 11 is 0. The topological polar surface area (TPSA) is 41.6 Å². The molecule has 7 heteroatoms. The molecule has 0 unspecified atom stereocenters. The summed E-state index contributed by atoms with van der Waals surface area (Å²) in [5, 5.41) is 5.27. The molecule has 0 fully saturated rings. The molecule has 0 radical (unpaired) electrons. The van der Waals surface area contributed by atoms with Gasteiger partial charge in [-0.05, 0) is 17.7 Å². The van der Waals surface area contributed by atoms with Gasteiger partial charge in [0, 0.05) is 6.42 Å². The molecule has 0 amide bonds. The summed E-state index contributed by atoms with van der Waals surface area (Å²) in [5.74, 6) is -1.51. The standard InChI is InChI=1S/C10H7F4N3/c11-7-3-1-6(2-4-7)5-8-15-9(17-16-8)10(12,13)14/h1-4H,5H2,(H,15,16,17). The number of aromatic nitrogens is 3. The van der Waals surface area contributed by atoms with E-state index in [1.807, 2.05) is 0 Å². The lowest BCUT2D eigenvalue weighted by Crippen LogP contribution is -2.07. The number of benzene rings is 1. The Labute approximate surface area is 93.5 Å². The highest BCUT2D eigenvalue weighted by Gasteiger charge is 2.35. The Morgan fingerprint density at radius 3 is 2.29 bits per heavy atom. The van der Waals surface area contributed by atoms with Crippen molar-refractivity contribution in [1.82, 2.24) is 15.2 Å². The monoisotopic (exact) mass is 245 g/mol. The van der Waals surface area contributed by atoms with Crippen molar-refractivity contribution in [3.05, 3.63) is 47.3 Å². The summed E-state index contributed by atoms with van der Waals surface area (Å²) in [5.41, 5.74) is 0.649. The average molecular weight is 245 g/mol. The first-order valence-electron chi connectivity index (χ1n) is 4.68.